The summed E-state index contributed by atoms with van der Waals surface area (Å²) in [7, 11) is 0. The number of fused-ring (bicyclic) bond motifs is 2. The van der Waals surface area contributed by atoms with E-state index in [-0.39, 0.29) is 18.3 Å². The minimum absolute atomic E-state index is 0.0232. The van der Waals surface area contributed by atoms with Crippen molar-refractivity contribution in [3.63, 3.8) is 0 Å². The lowest BCUT2D eigenvalue weighted by Gasteiger charge is -2.49. The van der Waals surface area contributed by atoms with Gasteiger partial charge in [-0.15, -0.1) is 0 Å². The van der Waals surface area contributed by atoms with E-state index in [4.69, 9.17) is 9.47 Å². The number of ether oxygens (including phenoxy) is 2. The number of hydrogen-bond donors (Lipinski definition) is 1. The molecule has 2 saturated heterocycles. The van der Waals surface area contributed by atoms with Crippen LogP contribution < -0.4 is 0 Å². The third-order valence-corrected chi connectivity index (χ3v) is 3.51. The average Bonchev–Trinajstić information content (AvgIpc) is 2.09. The van der Waals surface area contributed by atoms with Crippen LogP contribution in [-0.2, 0) is 9.47 Å². The Kier molecular flexibility index (Phi) is 2.34. The van der Waals surface area contributed by atoms with Crippen LogP contribution in [0.3, 0.4) is 0 Å². The molecule has 3 nitrogen and oxygen atoms in total. The maximum Gasteiger partial charge on any atom is 0.104 e. The Hall–Kier alpha value is -0.120. The molecular weight excluding hydrogens is 168 g/mol. The van der Waals surface area contributed by atoms with Gasteiger partial charge in [0.05, 0.1) is 24.9 Å². The van der Waals surface area contributed by atoms with Crippen LogP contribution in [-0.4, -0.2) is 36.1 Å². The van der Waals surface area contributed by atoms with Gasteiger partial charge in [0.25, 0.3) is 0 Å². The molecule has 0 spiro atoms. The van der Waals surface area contributed by atoms with Gasteiger partial charge >= 0.3 is 0 Å². The molecule has 0 aromatic rings. The molecule has 2 fully saturated rings. The Labute approximate surface area is 79.0 Å². The van der Waals surface area contributed by atoms with Gasteiger partial charge in [-0.05, 0) is 6.92 Å². The van der Waals surface area contributed by atoms with E-state index in [0.717, 1.165) is 0 Å². The van der Waals surface area contributed by atoms with Gasteiger partial charge in [0.1, 0.15) is 6.10 Å². The molecule has 0 aromatic carbocycles. The number of aliphatic hydroxyl groups excluding tert-OH is 1. The van der Waals surface area contributed by atoms with Crippen molar-refractivity contribution in [1.29, 1.82) is 0 Å². The van der Waals surface area contributed by atoms with Crippen molar-refractivity contribution in [3.05, 3.63) is 0 Å². The summed E-state index contributed by atoms with van der Waals surface area (Å²) in [6.07, 6.45) is -0.00977. The quantitative estimate of drug-likeness (QED) is 0.608. The summed E-state index contributed by atoms with van der Waals surface area (Å²) in [5, 5.41) is 9.65. The zero-order chi connectivity index (χ0) is 9.59. The lowest BCUT2D eigenvalue weighted by molar-refractivity contribution is -0.251. The van der Waals surface area contributed by atoms with E-state index in [1.807, 2.05) is 0 Å². The molecule has 6 atom stereocenters. The maximum atomic E-state index is 9.65. The highest BCUT2D eigenvalue weighted by molar-refractivity contribution is 4.93. The Balaban J connectivity index is 2.17. The van der Waals surface area contributed by atoms with E-state index in [1.54, 1.807) is 0 Å². The average molecular weight is 186 g/mol. The first-order chi connectivity index (χ1) is 6.11. The largest absolute Gasteiger partial charge is 0.388 e. The molecule has 1 N–H and O–H groups in total. The highest BCUT2D eigenvalue weighted by atomic mass is 16.6. The molecule has 2 rings (SSSR count). The van der Waals surface area contributed by atoms with Crippen molar-refractivity contribution in [2.75, 3.05) is 6.61 Å². The summed E-state index contributed by atoms with van der Waals surface area (Å²) in [5.74, 6) is 0.744. The molecule has 2 aliphatic heterocycles. The van der Waals surface area contributed by atoms with Crippen LogP contribution in [0.15, 0.2) is 0 Å². The third kappa shape index (κ3) is 1.39. The van der Waals surface area contributed by atoms with Crippen LogP contribution in [0.25, 0.3) is 0 Å². The van der Waals surface area contributed by atoms with Gasteiger partial charge < -0.3 is 14.6 Å². The Bertz CT molecular complexity index is 193. The highest BCUT2D eigenvalue weighted by Gasteiger charge is 2.46. The van der Waals surface area contributed by atoms with Crippen molar-refractivity contribution in [1.82, 2.24) is 0 Å². The second-order valence-corrected chi connectivity index (χ2v) is 4.39. The van der Waals surface area contributed by atoms with E-state index >= 15 is 0 Å². The highest BCUT2D eigenvalue weighted by Crippen LogP contribution is 2.36. The topological polar surface area (TPSA) is 38.7 Å². The fourth-order valence-corrected chi connectivity index (χ4v) is 2.48. The minimum Gasteiger partial charge on any atom is -0.388 e. The Morgan fingerprint density at radius 1 is 1.08 bits per heavy atom. The second-order valence-electron chi connectivity index (χ2n) is 4.39. The summed E-state index contributed by atoms with van der Waals surface area (Å²) in [5.41, 5.74) is 0. The van der Waals surface area contributed by atoms with Gasteiger partial charge in [-0.3, -0.25) is 0 Å². The molecule has 2 bridgehead atoms. The molecule has 0 aliphatic carbocycles. The fourth-order valence-electron chi connectivity index (χ4n) is 2.48. The fraction of sp³-hybridized carbons (Fsp3) is 1.00. The lowest BCUT2D eigenvalue weighted by atomic mass is 9.80. The van der Waals surface area contributed by atoms with Crippen molar-refractivity contribution >= 4 is 0 Å². The summed E-state index contributed by atoms with van der Waals surface area (Å²) in [6, 6.07) is 0. The monoisotopic (exact) mass is 186 g/mol. The van der Waals surface area contributed by atoms with Crippen molar-refractivity contribution in [2.45, 2.75) is 45.2 Å². The molecule has 3 heteroatoms. The smallest absolute Gasteiger partial charge is 0.104 e. The SMILES string of the molecule is C[C@@H]1[C@@H]2OC[C@H](O)[C@H](O[C@@H]1C)[C@H]2C. The Morgan fingerprint density at radius 3 is 2.46 bits per heavy atom. The van der Waals surface area contributed by atoms with Crippen LogP contribution in [0.4, 0.5) is 0 Å². The Morgan fingerprint density at radius 2 is 1.77 bits per heavy atom. The minimum atomic E-state index is -0.443. The van der Waals surface area contributed by atoms with Crippen molar-refractivity contribution in [2.24, 2.45) is 11.8 Å². The summed E-state index contributed by atoms with van der Waals surface area (Å²) in [4.78, 5) is 0. The first-order valence-corrected chi connectivity index (χ1v) is 5.06. The number of hydrogen-bond acceptors (Lipinski definition) is 3. The molecular formula is C10H18O3. The van der Waals surface area contributed by atoms with E-state index < -0.39 is 6.10 Å². The van der Waals surface area contributed by atoms with Gasteiger partial charge in [0.15, 0.2) is 0 Å². The predicted molar refractivity (Wildman–Crippen MR) is 48.4 cm³/mol. The van der Waals surface area contributed by atoms with Gasteiger partial charge in [-0.25, -0.2) is 0 Å². The van der Waals surface area contributed by atoms with Gasteiger partial charge in [-0.1, -0.05) is 13.8 Å². The van der Waals surface area contributed by atoms with Gasteiger partial charge in [-0.2, -0.15) is 0 Å². The van der Waals surface area contributed by atoms with Gasteiger partial charge in [0.2, 0.25) is 0 Å². The molecule has 76 valence electrons. The van der Waals surface area contributed by atoms with Crippen LogP contribution in [0, 0.1) is 11.8 Å². The molecule has 0 saturated carbocycles. The molecule has 0 aromatic heterocycles. The summed E-state index contributed by atoms with van der Waals surface area (Å²) >= 11 is 0. The van der Waals surface area contributed by atoms with Crippen LogP contribution >= 0.6 is 0 Å². The number of aliphatic hydroxyl groups is 1. The normalized spacial score (nSPS) is 56.3. The number of rotatable bonds is 0. The van der Waals surface area contributed by atoms with Gasteiger partial charge in [0, 0.05) is 11.8 Å². The first kappa shape index (κ1) is 9.44. The standard InChI is InChI=1S/C10H18O3/c1-5-7(3)13-10-6(2)9(5)12-4-8(10)11/h5-11H,4H2,1-3H3/t5-,6-,7+,8-,9-,10+/m0/s1. The summed E-state index contributed by atoms with van der Waals surface area (Å²) in [6.45, 7) is 6.73. The van der Waals surface area contributed by atoms with Crippen LogP contribution in [0.2, 0.25) is 0 Å². The maximum absolute atomic E-state index is 9.65. The first-order valence-electron chi connectivity index (χ1n) is 5.06. The molecule has 13 heavy (non-hydrogen) atoms. The van der Waals surface area contributed by atoms with Crippen LogP contribution in [0.5, 0.6) is 0 Å². The zero-order valence-electron chi connectivity index (χ0n) is 8.43. The van der Waals surface area contributed by atoms with Crippen LogP contribution in [0.1, 0.15) is 20.8 Å². The predicted octanol–water partition coefficient (Wildman–Crippen LogP) is 0.806. The van der Waals surface area contributed by atoms with E-state index in [9.17, 15) is 5.11 Å². The third-order valence-electron chi connectivity index (χ3n) is 3.51. The van der Waals surface area contributed by atoms with E-state index in [2.05, 4.69) is 20.8 Å². The molecule has 0 radical (unpaired) electrons. The molecule has 0 unspecified atom stereocenters. The molecule has 2 heterocycles. The molecule has 2 aliphatic rings. The van der Waals surface area contributed by atoms with E-state index in [0.29, 0.717) is 18.4 Å². The van der Waals surface area contributed by atoms with Crippen molar-refractivity contribution < 1.29 is 14.6 Å². The van der Waals surface area contributed by atoms with E-state index in [1.165, 1.54) is 0 Å². The zero-order valence-corrected chi connectivity index (χ0v) is 8.43. The van der Waals surface area contributed by atoms with Crippen molar-refractivity contribution in [3.8, 4) is 0 Å². The second kappa shape index (κ2) is 3.23. The molecule has 0 amide bonds. The summed E-state index contributed by atoms with van der Waals surface area (Å²) < 4.78 is 11.4. The lowest BCUT2D eigenvalue weighted by Crippen LogP contribution is -2.58.